The van der Waals surface area contributed by atoms with Crippen molar-refractivity contribution in [1.82, 2.24) is 9.78 Å². The van der Waals surface area contributed by atoms with Crippen LogP contribution in [0.3, 0.4) is 0 Å². The van der Waals surface area contributed by atoms with Crippen LogP contribution < -0.4 is 5.32 Å². The maximum Gasteiger partial charge on any atom is 0.233 e. The third-order valence-electron chi connectivity index (χ3n) is 5.70. The Labute approximate surface area is 183 Å². The highest BCUT2D eigenvalue weighted by atomic mass is 32.2. The van der Waals surface area contributed by atoms with Crippen LogP contribution in [-0.2, 0) is 25.9 Å². The van der Waals surface area contributed by atoms with Crippen molar-refractivity contribution in [2.75, 3.05) is 25.3 Å². The molecule has 9 heteroatoms. The summed E-state index contributed by atoms with van der Waals surface area (Å²) in [6.07, 6.45) is 7.95. The number of amides is 1. The van der Waals surface area contributed by atoms with Crippen LogP contribution >= 0.6 is 0 Å². The number of aromatic nitrogens is 2. The molecule has 1 N–H and O–H groups in total. The van der Waals surface area contributed by atoms with Gasteiger partial charge in [0.1, 0.15) is 6.07 Å². The average molecular weight is 445 g/mol. The van der Waals surface area contributed by atoms with Gasteiger partial charge in [-0.2, -0.15) is 10.4 Å². The van der Waals surface area contributed by atoms with Crippen LogP contribution in [0.2, 0.25) is 0 Å². The summed E-state index contributed by atoms with van der Waals surface area (Å²) in [5, 5.41) is 16.7. The van der Waals surface area contributed by atoms with E-state index < -0.39 is 15.8 Å². The number of benzene rings is 1. The number of carbonyl (C=O) groups excluding carboxylic acids is 1. The topological polar surface area (TPSA) is 114 Å². The molecule has 1 atom stereocenters. The quantitative estimate of drug-likeness (QED) is 0.636. The predicted molar refractivity (Wildman–Crippen MR) is 116 cm³/mol. The molecule has 0 spiro atoms. The second-order valence-electron chi connectivity index (χ2n) is 8.02. The van der Waals surface area contributed by atoms with Crippen molar-refractivity contribution in [3.8, 4) is 6.07 Å². The minimum Gasteiger partial charge on any atom is -0.383 e. The molecule has 1 unspecified atom stereocenters. The first kappa shape index (κ1) is 23.0. The minimum absolute atomic E-state index is 0.0179. The van der Waals surface area contributed by atoms with E-state index in [1.54, 1.807) is 30.1 Å². The van der Waals surface area contributed by atoms with Crippen LogP contribution in [0.25, 0.3) is 0 Å². The second-order valence-corrected chi connectivity index (χ2v) is 10.0. The lowest BCUT2D eigenvalue weighted by Gasteiger charge is -2.21. The van der Waals surface area contributed by atoms with Gasteiger partial charge in [0.25, 0.3) is 0 Å². The van der Waals surface area contributed by atoms with E-state index in [9.17, 15) is 18.5 Å². The zero-order chi connectivity index (χ0) is 22.4. The molecule has 1 fully saturated rings. The van der Waals surface area contributed by atoms with Gasteiger partial charge < -0.3 is 10.1 Å². The number of nitrogens with one attached hydrogen (secondary N) is 1. The Morgan fingerprint density at radius 2 is 2.10 bits per heavy atom. The summed E-state index contributed by atoms with van der Waals surface area (Å²) in [6.45, 7) is 1.10. The van der Waals surface area contributed by atoms with E-state index >= 15 is 0 Å². The van der Waals surface area contributed by atoms with Crippen LogP contribution in [-0.4, -0.2) is 44.1 Å². The number of nitrogens with zero attached hydrogens (tertiary/aromatic N) is 3. The molecule has 166 valence electrons. The molecular formula is C22H28N4O4S. The average Bonchev–Trinajstić information content (AvgIpc) is 3.41. The lowest BCUT2D eigenvalue weighted by molar-refractivity contribution is -0.118. The number of sulfone groups is 1. The number of ether oxygens (including phenoxy) is 1. The van der Waals surface area contributed by atoms with E-state index in [0.717, 1.165) is 31.9 Å². The molecule has 1 aromatic carbocycles. The van der Waals surface area contributed by atoms with Gasteiger partial charge in [0.15, 0.2) is 15.7 Å². The molecule has 1 saturated carbocycles. The number of hydrogen-bond acceptors (Lipinski definition) is 6. The predicted octanol–water partition coefficient (Wildman–Crippen LogP) is 3.11. The summed E-state index contributed by atoms with van der Waals surface area (Å²) in [6, 6.07) is 8.30. The Bertz CT molecular complexity index is 1070. The summed E-state index contributed by atoms with van der Waals surface area (Å²) < 4.78 is 30.7. The highest BCUT2D eigenvalue weighted by Crippen LogP contribution is 2.35. The van der Waals surface area contributed by atoms with Gasteiger partial charge in [-0.05, 0) is 30.0 Å². The van der Waals surface area contributed by atoms with Crippen LogP contribution in [0.15, 0.2) is 35.4 Å². The van der Waals surface area contributed by atoms with Crippen molar-refractivity contribution in [3.63, 3.8) is 0 Å². The minimum atomic E-state index is -3.53. The first-order valence-corrected chi connectivity index (χ1v) is 12.3. The summed E-state index contributed by atoms with van der Waals surface area (Å²) >= 11 is 0. The van der Waals surface area contributed by atoms with E-state index in [2.05, 4.69) is 10.4 Å². The Morgan fingerprint density at radius 3 is 2.74 bits per heavy atom. The van der Waals surface area contributed by atoms with Gasteiger partial charge in [-0.3, -0.25) is 9.48 Å². The van der Waals surface area contributed by atoms with E-state index in [4.69, 9.17) is 4.74 Å². The normalized spacial score (nSPS) is 15.5. The van der Waals surface area contributed by atoms with Gasteiger partial charge in [0.05, 0.1) is 29.5 Å². The van der Waals surface area contributed by atoms with Crippen LogP contribution in [0.5, 0.6) is 0 Å². The highest BCUT2D eigenvalue weighted by molar-refractivity contribution is 7.90. The van der Waals surface area contributed by atoms with Crippen LogP contribution in [0.1, 0.15) is 49.1 Å². The molecule has 1 amide bonds. The first-order chi connectivity index (χ1) is 14.8. The Balaban J connectivity index is 1.86. The number of hydrogen-bond donors (Lipinski definition) is 1. The van der Waals surface area contributed by atoms with Crippen molar-refractivity contribution in [2.45, 2.75) is 49.5 Å². The fourth-order valence-corrected chi connectivity index (χ4v) is 4.92. The number of methoxy groups -OCH3 is 1. The monoisotopic (exact) mass is 444 g/mol. The number of nitriles is 1. The molecule has 31 heavy (non-hydrogen) atoms. The van der Waals surface area contributed by atoms with Gasteiger partial charge >= 0.3 is 0 Å². The Morgan fingerprint density at radius 1 is 1.35 bits per heavy atom. The third kappa shape index (κ3) is 5.93. The standard InChI is InChI=1S/C22H28N4O4S/c1-30-12-11-26-10-9-21(25-26)24-22(27)19(13-16-5-3-4-6-16)17-7-8-20(31(2,28)29)18(14-17)15-23/h7-10,14,16,19H,3-6,11-13H2,1-2H3,(H,24,25,27). The molecule has 1 aliphatic carbocycles. The number of carbonyl (C=O) groups is 1. The van der Waals surface area contributed by atoms with Gasteiger partial charge in [0.2, 0.25) is 5.91 Å². The van der Waals surface area contributed by atoms with Gasteiger partial charge in [-0.15, -0.1) is 0 Å². The highest BCUT2D eigenvalue weighted by Gasteiger charge is 2.28. The smallest absolute Gasteiger partial charge is 0.233 e. The van der Waals surface area contributed by atoms with E-state index in [1.807, 2.05) is 6.07 Å². The molecule has 8 nitrogen and oxygen atoms in total. The Hall–Kier alpha value is -2.70. The Kier molecular flexibility index (Phi) is 7.46. The first-order valence-electron chi connectivity index (χ1n) is 10.4. The van der Waals surface area contributed by atoms with Gasteiger partial charge in [-0.1, -0.05) is 31.7 Å². The second kappa shape index (κ2) is 10.1. The molecule has 0 radical (unpaired) electrons. The summed E-state index contributed by atoms with van der Waals surface area (Å²) in [5.74, 6) is 0.175. The van der Waals surface area contributed by atoms with Crippen molar-refractivity contribution in [2.24, 2.45) is 5.92 Å². The maximum absolute atomic E-state index is 13.2. The summed E-state index contributed by atoms with van der Waals surface area (Å²) in [5.41, 5.74) is 0.709. The van der Waals surface area contributed by atoms with Crippen molar-refractivity contribution < 1.29 is 17.9 Å². The molecule has 1 heterocycles. The van der Waals surface area contributed by atoms with E-state index in [-0.39, 0.29) is 16.4 Å². The van der Waals surface area contributed by atoms with Gasteiger partial charge in [0, 0.05) is 25.6 Å². The van der Waals surface area contributed by atoms with Crippen LogP contribution in [0, 0.1) is 17.2 Å². The largest absolute Gasteiger partial charge is 0.383 e. The van der Waals surface area contributed by atoms with E-state index in [1.165, 1.54) is 12.1 Å². The van der Waals surface area contributed by atoms with Crippen molar-refractivity contribution >= 4 is 21.6 Å². The molecule has 0 aliphatic heterocycles. The van der Waals surface area contributed by atoms with Crippen molar-refractivity contribution in [1.29, 1.82) is 5.26 Å². The van der Waals surface area contributed by atoms with Gasteiger partial charge in [-0.25, -0.2) is 8.42 Å². The summed E-state index contributed by atoms with van der Waals surface area (Å²) in [7, 11) is -1.91. The number of anilines is 1. The summed E-state index contributed by atoms with van der Waals surface area (Å²) in [4.78, 5) is 13.2. The molecule has 2 aromatic rings. The molecule has 0 bridgehead atoms. The SMILES string of the molecule is COCCn1ccc(NC(=O)C(CC2CCCC2)c2ccc(S(C)(=O)=O)c(C#N)c2)n1. The zero-order valence-corrected chi connectivity index (χ0v) is 18.7. The fourth-order valence-electron chi connectivity index (χ4n) is 4.10. The molecule has 0 saturated heterocycles. The fraction of sp³-hybridized carbons (Fsp3) is 0.500. The van der Waals surface area contributed by atoms with Crippen molar-refractivity contribution in [3.05, 3.63) is 41.6 Å². The number of rotatable bonds is 9. The third-order valence-corrected chi connectivity index (χ3v) is 6.86. The maximum atomic E-state index is 13.2. The lowest BCUT2D eigenvalue weighted by atomic mass is 9.86. The molecule has 3 rings (SSSR count). The molecule has 1 aromatic heterocycles. The molecular weight excluding hydrogens is 416 g/mol. The van der Waals surface area contributed by atoms with E-state index in [0.29, 0.717) is 36.9 Å². The molecule has 1 aliphatic rings. The zero-order valence-electron chi connectivity index (χ0n) is 17.9. The lowest BCUT2D eigenvalue weighted by Crippen LogP contribution is -2.24. The van der Waals surface area contributed by atoms with Crippen LogP contribution in [0.4, 0.5) is 5.82 Å².